The van der Waals surface area contributed by atoms with Gasteiger partial charge in [0.1, 0.15) is 0 Å². The second-order valence-corrected chi connectivity index (χ2v) is 4.86. The number of nitrogens with one attached hydrogen (secondary N) is 1. The van der Waals surface area contributed by atoms with Gasteiger partial charge in [0.05, 0.1) is 12.6 Å². The molecule has 0 atom stereocenters. The molecule has 2 saturated carbocycles. The maximum absolute atomic E-state index is 11.6. The van der Waals surface area contributed by atoms with E-state index in [1.165, 1.54) is 0 Å². The van der Waals surface area contributed by atoms with Crippen LogP contribution >= 0.6 is 0 Å². The van der Waals surface area contributed by atoms with Crippen molar-refractivity contribution in [1.29, 1.82) is 0 Å². The summed E-state index contributed by atoms with van der Waals surface area (Å²) in [5.74, 6) is 0.761. The van der Waals surface area contributed by atoms with Crippen molar-refractivity contribution >= 4 is 5.91 Å². The fraction of sp³-hybridized carbons (Fsp3) is 0.909. The van der Waals surface area contributed by atoms with Crippen LogP contribution in [-0.2, 0) is 4.79 Å². The largest absolute Gasteiger partial charge is 0.393 e. The zero-order chi connectivity index (χ0) is 10.8. The molecule has 0 aliphatic heterocycles. The van der Waals surface area contributed by atoms with Crippen LogP contribution in [0.5, 0.6) is 0 Å². The van der Waals surface area contributed by atoms with Crippen molar-refractivity contribution < 1.29 is 9.90 Å². The molecule has 4 nitrogen and oxygen atoms in total. The fourth-order valence-electron chi connectivity index (χ4n) is 2.04. The third-order valence-electron chi connectivity index (χ3n) is 3.41. The molecule has 0 spiro atoms. The lowest BCUT2D eigenvalue weighted by Crippen LogP contribution is -2.41. The second kappa shape index (κ2) is 4.49. The van der Waals surface area contributed by atoms with Gasteiger partial charge in [-0.05, 0) is 38.1 Å². The van der Waals surface area contributed by atoms with Gasteiger partial charge in [-0.25, -0.2) is 0 Å². The number of likely N-dealkylation sites (N-methyl/N-ethyl adjacent to an activating group) is 1. The molecule has 2 rings (SSSR count). The van der Waals surface area contributed by atoms with Gasteiger partial charge in [0.15, 0.2) is 0 Å². The van der Waals surface area contributed by atoms with E-state index in [1.54, 1.807) is 0 Å². The molecule has 15 heavy (non-hydrogen) atoms. The summed E-state index contributed by atoms with van der Waals surface area (Å²) in [7, 11) is 1.88. The van der Waals surface area contributed by atoms with Gasteiger partial charge in [0.2, 0.25) is 5.91 Å². The van der Waals surface area contributed by atoms with E-state index in [0.717, 1.165) is 32.2 Å². The van der Waals surface area contributed by atoms with Crippen LogP contribution in [0.3, 0.4) is 0 Å². The highest BCUT2D eigenvalue weighted by molar-refractivity contribution is 5.78. The molecule has 2 N–H and O–H groups in total. The molecule has 86 valence electrons. The van der Waals surface area contributed by atoms with Crippen molar-refractivity contribution in [2.75, 3.05) is 20.1 Å². The summed E-state index contributed by atoms with van der Waals surface area (Å²) in [4.78, 5) is 13.4. The summed E-state index contributed by atoms with van der Waals surface area (Å²) in [6.07, 6.45) is 4.01. The first-order chi connectivity index (χ1) is 7.16. The number of nitrogens with zero attached hydrogens (tertiary/aromatic N) is 1. The number of aliphatic hydroxyl groups excluding tert-OH is 1. The molecule has 0 bridgehead atoms. The summed E-state index contributed by atoms with van der Waals surface area (Å²) < 4.78 is 0. The predicted octanol–water partition coefficient (Wildman–Crippen LogP) is -0.0323. The van der Waals surface area contributed by atoms with E-state index in [4.69, 9.17) is 5.11 Å². The number of carbonyl (C=O) groups excluding carboxylic acids is 1. The minimum absolute atomic E-state index is 0.0957. The Balaban J connectivity index is 1.55. The van der Waals surface area contributed by atoms with Gasteiger partial charge in [-0.3, -0.25) is 4.79 Å². The summed E-state index contributed by atoms with van der Waals surface area (Å²) in [6, 6.07) is 0.504. The number of hydrogen-bond acceptors (Lipinski definition) is 3. The molecule has 2 aliphatic carbocycles. The first-order valence-corrected chi connectivity index (χ1v) is 5.81. The Morgan fingerprint density at radius 1 is 1.47 bits per heavy atom. The number of hydrogen-bond donors (Lipinski definition) is 2. The minimum Gasteiger partial charge on any atom is -0.393 e. The Hall–Kier alpha value is -0.610. The number of aliphatic hydroxyl groups is 1. The summed E-state index contributed by atoms with van der Waals surface area (Å²) in [5.41, 5.74) is 0. The van der Waals surface area contributed by atoms with E-state index in [2.05, 4.69) is 5.32 Å². The van der Waals surface area contributed by atoms with Crippen LogP contribution in [0.1, 0.15) is 25.7 Å². The predicted molar refractivity (Wildman–Crippen MR) is 57.4 cm³/mol. The third-order valence-corrected chi connectivity index (χ3v) is 3.41. The van der Waals surface area contributed by atoms with Crippen LogP contribution in [0.15, 0.2) is 0 Å². The molecule has 2 aliphatic rings. The Labute approximate surface area is 90.6 Å². The summed E-state index contributed by atoms with van der Waals surface area (Å²) in [5, 5.41) is 12.3. The molecule has 0 aromatic carbocycles. The molecule has 0 saturated heterocycles. The van der Waals surface area contributed by atoms with Crippen LogP contribution in [-0.4, -0.2) is 48.2 Å². The molecule has 2 fully saturated rings. The van der Waals surface area contributed by atoms with Gasteiger partial charge in [0.25, 0.3) is 0 Å². The monoisotopic (exact) mass is 212 g/mol. The second-order valence-electron chi connectivity index (χ2n) is 4.86. The number of amides is 1. The SMILES string of the molecule is CN(C(=O)CNCC1CC(O)C1)C1CC1. The van der Waals surface area contributed by atoms with Crippen molar-refractivity contribution in [1.82, 2.24) is 10.2 Å². The van der Waals surface area contributed by atoms with E-state index in [1.807, 2.05) is 11.9 Å². The summed E-state index contributed by atoms with van der Waals surface area (Å²) in [6.45, 7) is 1.31. The van der Waals surface area contributed by atoms with Crippen molar-refractivity contribution in [3.05, 3.63) is 0 Å². The molecule has 0 aromatic heterocycles. The van der Waals surface area contributed by atoms with E-state index in [-0.39, 0.29) is 12.0 Å². The van der Waals surface area contributed by atoms with Crippen LogP contribution in [0.4, 0.5) is 0 Å². The summed E-state index contributed by atoms with van der Waals surface area (Å²) >= 11 is 0. The van der Waals surface area contributed by atoms with Crippen LogP contribution < -0.4 is 5.32 Å². The van der Waals surface area contributed by atoms with Crippen LogP contribution in [0, 0.1) is 5.92 Å². The van der Waals surface area contributed by atoms with Crippen molar-refractivity contribution in [3.63, 3.8) is 0 Å². The molecular weight excluding hydrogens is 192 g/mol. The minimum atomic E-state index is -0.0957. The maximum Gasteiger partial charge on any atom is 0.236 e. The topological polar surface area (TPSA) is 52.6 Å². The van der Waals surface area contributed by atoms with Crippen LogP contribution in [0.25, 0.3) is 0 Å². The van der Waals surface area contributed by atoms with Crippen molar-refractivity contribution in [2.24, 2.45) is 5.92 Å². The smallest absolute Gasteiger partial charge is 0.236 e. The zero-order valence-corrected chi connectivity index (χ0v) is 9.28. The average Bonchev–Trinajstić information content (AvgIpc) is 2.96. The van der Waals surface area contributed by atoms with E-state index in [9.17, 15) is 4.79 Å². The average molecular weight is 212 g/mol. The molecule has 0 heterocycles. The van der Waals surface area contributed by atoms with E-state index < -0.39 is 0 Å². The normalized spacial score (nSPS) is 29.7. The van der Waals surface area contributed by atoms with Gasteiger partial charge in [-0.1, -0.05) is 0 Å². The van der Waals surface area contributed by atoms with Gasteiger partial charge in [-0.15, -0.1) is 0 Å². The number of rotatable bonds is 5. The van der Waals surface area contributed by atoms with E-state index in [0.29, 0.717) is 18.5 Å². The lowest BCUT2D eigenvalue weighted by atomic mass is 9.82. The quantitative estimate of drug-likeness (QED) is 0.673. The highest BCUT2D eigenvalue weighted by Crippen LogP contribution is 2.26. The van der Waals surface area contributed by atoms with Crippen LogP contribution in [0.2, 0.25) is 0 Å². The van der Waals surface area contributed by atoms with Gasteiger partial charge >= 0.3 is 0 Å². The first-order valence-electron chi connectivity index (χ1n) is 5.81. The van der Waals surface area contributed by atoms with Crippen molar-refractivity contribution in [2.45, 2.75) is 37.8 Å². The lowest BCUT2D eigenvalue weighted by Gasteiger charge is -2.31. The standard InChI is InChI=1S/C11H20N2O2/c1-13(9-2-3-9)11(15)7-12-6-8-4-10(14)5-8/h8-10,12,14H,2-7H2,1H3. The fourth-order valence-corrected chi connectivity index (χ4v) is 2.04. The van der Waals surface area contributed by atoms with Gasteiger partial charge in [-0.2, -0.15) is 0 Å². The molecule has 4 heteroatoms. The van der Waals surface area contributed by atoms with Gasteiger partial charge < -0.3 is 15.3 Å². The van der Waals surface area contributed by atoms with Crippen molar-refractivity contribution in [3.8, 4) is 0 Å². The Morgan fingerprint density at radius 3 is 2.67 bits per heavy atom. The maximum atomic E-state index is 11.6. The Morgan fingerprint density at radius 2 is 2.13 bits per heavy atom. The third kappa shape index (κ3) is 2.92. The number of carbonyl (C=O) groups is 1. The molecular formula is C11H20N2O2. The molecule has 0 aromatic rings. The lowest BCUT2D eigenvalue weighted by molar-refractivity contribution is -0.129. The Kier molecular flexibility index (Phi) is 3.26. The molecule has 0 unspecified atom stereocenters. The zero-order valence-electron chi connectivity index (χ0n) is 9.28. The van der Waals surface area contributed by atoms with Gasteiger partial charge in [0, 0.05) is 13.1 Å². The highest BCUT2D eigenvalue weighted by atomic mass is 16.3. The molecule has 1 amide bonds. The van der Waals surface area contributed by atoms with E-state index >= 15 is 0 Å². The molecule has 0 radical (unpaired) electrons. The highest BCUT2D eigenvalue weighted by Gasteiger charge is 2.30. The Bertz CT molecular complexity index is 235. The first kappa shape index (κ1) is 10.9.